The van der Waals surface area contributed by atoms with Crippen molar-refractivity contribution in [1.29, 1.82) is 0 Å². The second-order valence-corrected chi connectivity index (χ2v) is 22.7. The van der Waals surface area contributed by atoms with Crippen LogP contribution >= 0.6 is 7.82 Å². The Morgan fingerprint density at radius 1 is 0.362 bits per heavy atom. The highest BCUT2D eigenvalue weighted by molar-refractivity contribution is 7.47. The maximum absolute atomic E-state index is 13.0. The van der Waals surface area contributed by atoms with Crippen LogP contribution in [-0.4, -0.2) is 66.5 Å². The third-order valence-corrected chi connectivity index (χ3v) is 14.5. The van der Waals surface area contributed by atoms with Gasteiger partial charge in [0.2, 0.25) is 0 Å². The Balaban J connectivity index is 4.80. The SMILES string of the molecule is CC/C=C\C/C=C\C/C=C\C/C=C\C/C=C\C/C=C\CCC(=O)OCC(COP(=O)(O)OCC(CO)OC(=O)CCCCCCC/C=C\C/C=C\CCCCC)OC(=O)CCCCCCCCCCCCCCCCCCCCC. The summed E-state index contributed by atoms with van der Waals surface area (Å²) in [4.78, 5) is 48.7. The predicted octanol–water partition coefficient (Wildman–Crippen LogP) is 19.6. The molecule has 0 saturated carbocycles. The molecule has 0 aromatic heterocycles. The predicted molar refractivity (Wildman–Crippen MR) is 334 cm³/mol. The summed E-state index contributed by atoms with van der Waals surface area (Å²) in [6, 6.07) is 0. The van der Waals surface area contributed by atoms with Gasteiger partial charge in [-0.2, -0.15) is 0 Å². The van der Waals surface area contributed by atoms with Crippen molar-refractivity contribution < 1.29 is 52.2 Å². The average molecular weight is 1140 g/mol. The van der Waals surface area contributed by atoms with Gasteiger partial charge in [-0.25, -0.2) is 4.57 Å². The van der Waals surface area contributed by atoms with E-state index < -0.39 is 57.8 Å². The quantitative estimate of drug-likeness (QED) is 0.0197. The molecule has 0 aromatic carbocycles. The fourth-order valence-corrected chi connectivity index (χ4v) is 9.43. The largest absolute Gasteiger partial charge is 0.472 e. The van der Waals surface area contributed by atoms with Crippen LogP contribution in [0.15, 0.2) is 97.2 Å². The Morgan fingerprint density at radius 3 is 1.07 bits per heavy atom. The fraction of sp³-hybridized carbons (Fsp3) is 0.721. The van der Waals surface area contributed by atoms with Crippen LogP contribution in [-0.2, 0) is 42.2 Å². The van der Waals surface area contributed by atoms with Gasteiger partial charge in [0, 0.05) is 19.3 Å². The zero-order chi connectivity index (χ0) is 58.3. The summed E-state index contributed by atoms with van der Waals surface area (Å²) >= 11 is 0. The summed E-state index contributed by atoms with van der Waals surface area (Å²) in [7, 11) is -4.78. The van der Waals surface area contributed by atoms with E-state index in [2.05, 4.69) is 106 Å². The number of phosphoric acid groups is 1. The highest BCUT2D eigenvalue weighted by atomic mass is 31.2. The number of aliphatic hydroxyl groups is 1. The molecule has 80 heavy (non-hydrogen) atoms. The number of phosphoric ester groups is 1. The van der Waals surface area contributed by atoms with E-state index in [4.69, 9.17) is 23.3 Å². The monoisotopic (exact) mass is 1140 g/mol. The number of unbranched alkanes of at least 4 members (excludes halogenated alkanes) is 26. The normalized spacial score (nSPS) is 13.9. The highest BCUT2D eigenvalue weighted by Gasteiger charge is 2.28. The Kier molecular flexibility index (Phi) is 58.7. The molecule has 0 aromatic rings. The van der Waals surface area contributed by atoms with E-state index in [1.165, 1.54) is 116 Å². The lowest BCUT2D eigenvalue weighted by Gasteiger charge is -2.21. The molecule has 0 radical (unpaired) electrons. The first-order valence-corrected chi connectivity index (χ1v) is 33.6. The van der Waals surface area contributed by atoms with Gasteiger partial charge in [0.05, 0.1) is 19.8 Å². The number of rotatable bonds is 59. The van der Waals surface area contributed by atoms with Crippen molar-refractivity contribution in [2.75, 3.05) is 26.4 Å². The van der Waals surface area contributed by atoms with Gasteiger partial charge in [-0.1, -0.05) is 266 Å². The topological polar surface area (TPSA) is 155 Å². The first-order chi connectivity index (χ1) is 39.2. The van der Waals surface area contributed by atoms with Crippen LogP contribution in [0, 0.1) is 0 Å². The molecule has 3 atom stereocenters. The molecule has 460 valence electrons. The van der Waals surface area contributed by atoms with E-state index in [-0.39, 0.29) is 25.9 Å². The van der Waals surface area contributed by atoms with Gasteiger partial charge < -0.3 is 24.2 Å². The van der Waals surface area contributed by atoms with E-state index in [1.807, 2.05) is 12.2 Å². The number of hydrogen-bond donors (Lipinski definition) is 2. The van der Waals surface area contributed by atoms with Gasteiger partial charge in [0.1, 0.15) is 12.7 Å². The lowest BCUT2D eigenvalue weighted by Crippen LogP contribution is -2.30. The third kappa shape index (κ3) is 59.0. The number of carbonyl (C=O) groups is 3. The van der Waals surface area contributed by atoms with Crippen LogP contribution in [0.2, 0.25) is 0 Å². The first kappa shape index (κ1) is 76.4. The zero-order valence-electron chi connectivity index (χ0n) is 51.0. The standard InChI is InChI=1S/C68H117O11P/c1-4-7-10-13-16-19-22-25-28-30-32-34-37-39-42-45-48-51-54-57-66(70)75-61-65(79-68(72)59-56-53-50-47-44-41-38-35-33-31-29-26-23-20-17-14-11-8-5-2)63-77-80(73,74)76-62-64(60-69)78-67(71)58-55-52-49-46-43-40-36-27-24-21-18-15-12-9-6-3/h7,10,16,18-19,21,25,27-28,32,34,36,39,42,48,51,64-65,69H,4-6,8-9,11-15,17,20,22-24,26,29-31,33,35,37-38,40-41,43-47,49-50,52-63H2,1-3H3,(H,73,74)/b10-7-,19-16-,21-18-,28-25-,34-32-,36-27-,42-39-,51-48-. The van der Waals surface area contributed by atoms with Gasteiger partial charge in [-0.05, 0) is 89.9 Å². The van der Waals surface area contributed by atoms with E-state index in [9.17, 15) is 28.9 Å². The minimum absolute atomic E-state index is 0.0987. The summed E-state index contributed by atoms with van der Waals surface area (Å²) in [6.07, 6.45) is 73.7. The first-order valence-electron chi connectivity index (χ1n) is 32.1. The molecule has 0 saturated heterocycles. The highest BCUT2D eigenvalue weighted by Crippen LogP contribution is 2.43. The van der Waals surface area contributed by atoms with Crippen molar-refractivity contribution in [3.05, 3.63) is 97.2 Å². The molecular weight excluding hydrogens is 1020 g/mol. The van der Waals surface area contributed by atoms with Crippen molar-refractivity contribution in [2.24, 2.45) is 0 Å². The second-order valence-electron chi connectivity index (χ2n) is 21.2. The summed E-state index contributed by atoms with van der Waals surface area (Å²) in [5, 5.41) is 9.84. The van der Waals surface area contributed by atoms with E-state index in [0.717, 1.165) is 103 Å². The summed E-state index contributed by atoms with van der Waals surface area (Å²) in [5.74, 6) is -1.57. The van der Waals surface area contributed by atoms with Crippen LogP contribution in [0.25, 0.3) is 0 Å². The van der Waals surface area contributed by atoms with Crippen LogP contribution in [0.1, 0.15) is 278 Å². The second kappa shape index (κ2) is 61.5. The maximum Gasteiger partial charge on any atom is 0.472 e. The third-order valence-electron chi connectivity index (χ3n) is 13.5. The molecule has 11 nitrogen and oxygen atoms in total. The molecule has 0 rings (SSSR count). The van der Waals surface area contributed by atoms with E-state index >= 15 is 0 Å². The van der Waals surface area contributed by atoms with Crippen LogP contribution in [0.5, 0.6) is 0 Å². The Labute approximate surface area is 489 Å². The van der Waals surface area contributed by atoms with Gasteiger partial charge in [0.25, 0.3) is 0 Å². The summed E-state index contributed by atoms with van der Waals surface area (Å²) in [5.41, 5.74) is 0. The van der Waals surface area contributed by atoms with E-state index in [1.54, 1.807) is 0 Å². The van der Waals surface area contributed by atoms with Crippen molar-refractivity contribution in [2.45, 2.75) is 290 Å². The van der Waals surface area contributed by atoms with Crippen molar-refractivity contribution in [3.63, 3.8) is 0 Å². The van der Waals surface area contributed by atoms with Crippen molar-refractivity contribution >= 4 is 25.7 Å². The lowest BCUT2D eigenvalue weighted by molar-refractivity contribution is -0.161. The van der Waals surface area contributed by atoms with E-state index in [0.29, 0.717) is 19.3 Å². The molecule has 0 heterocycles. The van der Waals surface area contributed by atoms with Gasteiger partial charge in [0.15, 0.2) is 6.10 Å². The van der Waals surface area contributed by atoms with Crippen LogP contribution < -0.4 is 0 Å². The number of esters is 3. The lowest BCUT2D eigenvalue weighted by atomic mass is 10.0. The van der Waals surface area contributed by atoms with Crippen molar-refractivity contribution in [3.8, 4) is 0 Å². The smallest absolute Gasteiger partial charge is 0.462 e. The molecule has 0 amide bonds. The molecule has 0 aliphatic carbocycles. The Morgan fingerprint density at radius 2 is 0.675 bits per heavy atom. The minimum Gasteiger partial charge on any atom is -0.462 e. The number of aliphatic hydroxyl groups excluding tert-OH is 1. The maximum atomic E-state index is 13.0. The summed E-state index contributed by atoms with van der Waals surface area (Å²) in [6.45, 7) is 4.44. The van der Waals surface area contributed by atoms with Gasteiger partial charge in [-0.3, -0.25) is 23.4 Å². The Bertz CT molecular complexity index is 1710. The van der Waals surface area contributed by atoms with Crippen LogP contribution in [0.3, 0.4) is 0 Å². The van der Waals surface area contributed by atoms with Crippen LogP contribution in [0.4, 0.5) is 0 Å². The molecule has 0 aliphatic heterocycles. The van der Waals surface area contributed by atoms with Gasteiger partial charge in [-0.15, -0.1) is 0 Å². The number of allylic oxidation sites excluding steroid dienone is 16. The average Bonchev–Trinajstić information content (AvgIpc) is 3.45. The number of ether oxygens (including phenoxy) is 3. The van der Waals surface area contributed by atoms with Gasteiger partial charge >= 0.3 is 25.7 Å². The fourth-order valence-electron chi connectivity index (χ4n) is 8.65. The van der Waals surface area contributed by atoms with Crippen molar-refractivity contribution in [1.82, 2.24) is 0 Å². The molecule has 0 bridgehead atoms. The number of hydrogen-bond acceptors (Lipinski definition) is 10. The summed E-state index contributed by atoms with van der Waals surface area (Å²) < 4.78 is 39.6. The molecule has 0 aliphatic rings. The minimum atomic E-state index is -4.78. The Hall–Kier alpha value is -3.60. The molecule has 0 fully saturated rings. The zero-order valence-corrected chi connectivity index (χ0v) is 51.9. The number of carbonyl (C=O) groups excluding carboxylic acids is 3. The molecule has 2 N–H and O–H groups in total. The molecule has 0 spiro atoms. The molecule has 3 unspecified atom stereocenters. The molecular formula is C68H117O11P. The molecule has 12 heteroatoms.